The summed E-state index contributed by atoms with van der Waals surface area (Å²) in [5.74, 6) is 0.597. The first-order valence-corrected chi connectivity index (χ1v) is 7.12. The molecular weight excluding hydrogens is 258 g/mol. The molecule has 19 heavy (non-hydrogen) atoms. The van der Waals surface area contributed by atoms with Crippen molar-refractivity contribution in [2.24, 2.45) is 0 Å². The number of aryl methyl sites for hydroxylation is 2. The molecule has 2 aromatic rings. The summed E-state index contributed by atoms with van der Waals surface area (Å²) in [6.07, 6.45) is 0. The molecule has 0 fully saturated rings. The first-order chi connectivity index (χ1) is 9.10. The monoisotopic (exact) mass is 275 g/mol. The summed E-state index contributed by atoms with van der Waals surface area (Å²) in [7, 11) is 0. The Bertz CT molecular complexity index is 546. The maximum atomic E-state index is 12.4. The minimum Gasteiger partial charge on any atom is -0.332 e. The normalized spacial score (nSPS) is 10.5. The van der Waals surface area contributed by atoms with E-state index >= 15 is 0 Å². The molecule has 2 rings (SSSR count). The largest absolute Gasteiger partial charge is 0.332 e. The van der Waals surface area contributed by atoms with Crippen LogP contribution in [0.15, 0.2) is 23.6 Å². The van der Waals surface area contributed by atoms with Crippen molar-refractivity contribution < 1.29 is 4.79 Å². The Morgan fingerprint density at radius 1 is 1.37 bits per heavy atom. The van der Waals surface area contributed by atoms with Crippen LogP contribution in [0.25, 0.3) is 0 Å². The zero-order chi connectivity index (χ0) is 13.8. The molecule has 0 saturated heterocycles. The van der Waals surface area contributed by atoms with Crippen LogP contribution in [0.2, 0.25) is 0 Å². The smallest absolute Gasteiger partial charge is 0.272 e. The number of thiophene rings is 1. The highest BCUT2D eigenvalue weighted by atomic mass is 32.1. The van der Waals surface area contributed by atoms with Crippen molar-refractivity contribution in [3.8, 4) is 0 Å². The number of rotatable bonds is 4. The fourth-order valence-electron chi connectivity index (χ4n) is 1.91. The molecule has 2 heterocycles. The maximum Gasteiger partial charge on any atom is 0.272 e. The molecule has 2 aromatic heterocycles. The molecule has 0 aliphatic heterocycles. The molecule has 0 saturated carbocycles. The van der Waals surface area contributed by atoms with Crippen LogP contribution in [0.4, 0.5) is 0 Å². The Balaban J connectivity index is 2.20. The predicted octanol–water partition coefficient (Wildman–Crippen LogP) is 2.82. The van der Waals surface area contributed by atoms with Gasteiger partial charge in [0.05, 0.1) is 6.54 Å². The number of nitrogens with zero attached hydrogens (tertiary/aromatic N) is 3. The van der Waals surface area contributed by atoms with Crippen LogP contribution in [-0.4, -0.2) is 27.3 Å². The summed E-state index contributed by atoms with van der Waals surface area (Å²) < 4.78 is 0. The maximum absolute atomic E-state index is 12.4. The average Bonchev–Trinajstić information content (AvgIpc) is 2.86. The van der Waals surface area contributed by atoms with Crippen LogP contribution >= 0.6 is 11.3 Å². The van der Waals surface area contributed by atoms with Gasteiger partial charge >= 0.3 is 0 Å². The van der Waals surface area contributed by atoms with E-state index in [2.05, 4.69) is 9.97 Å². The molecule has 0 bridgehead atoms. The van der Waals surface area contributed by atoms with Crippen molar-refractivity contribution in [2.75, 3.05) is 6.54 Å². The molecule has 100 valence electrons. The van der Waals surface area contributed by atoms with E-state index in [-0.39, 0.29) is 5.91 Å². The Hall–Kier alpha value is -1.75. The summed E-state index contributed by atoms with van der Waals surface area (Å²) in [5, 5.41) is 2.02. The van der Waals surface area contributed by atoms with E-state index < -0.39 is 0 Å². The molecule has 0 spiro atoms. The highest BCUT2D eigenvalue weighted by Crippen LogP contribution is 2.14. The third-order valence-electron chi connectivity index (χ3n) is 2.78. The number of amides is 1. The molecule has 0 N–H and O–H groups in total. The molecule has 0 aliphatic rings. The topological polar surface area (TPSA) is 46.1 Å². The van der Waals surface area contributed by atoms with Gasteiger partial charge in [-0.15, -0.1) is 11.3 Å². The lowest BCUT2D eigenvalue weighted by atomic mass is 10.3. The fourth-order valence-corrected chi connectivity index (χ4v) is 2.63. The van der Waals surface area contributed by atoms with E-state index in [1.165, 1.54) is 4.88 Å². The van der Waals surface area contributed by atoms with Crippen LogP contribution in [0, 0.1) is 13.8 Å². The van der Waals surface area contributed by atoms with Gasteiger partial charge in [-0.25, -0.2) is 9.97 Å². The number of hydrogen-bond acceptors (Lipinski definition) is 4. The lowest BCUT2D eigenvalue weighted by Gasteiger charge is -2.19. The molecule has 0 unspecified atom stereocenters. The van der Waals surface area contributed by atoms with Gasteiger partial charge in [-0.1, -0.05) is 6.07 Å². The van der Waals surface area contributed by atoms with Gasteiger partial charge in [0.1, 0.15) is 11.5 Å². The third-order valence-corrected chi connectivity index (χ3v) is 3.64. The molecule has 0 aliphatic carbocycles. The van der Waals surface area contributed by atoms with Gasteiger partial charge in [0.15, 0.2) is 0 Å². The summed E-state index contributed by atoms with van der Waals surface area (Å²) in [6.45, 7) is 6.96. The molecule has 5 heteroatoms. The third kappa shape index (κ3) is 3.38. The van der Waals surface area contributed by atoms with Crippen molar-refractivity contribution in [3.05, 3.63) is 45.7 Å². The van der Waals surface area contributed by atoms with Gasteiger partial charge in [-0.05, 0) is 38.3 Å². The van der Waals surface area contributed by atoms with Crippen LogP contribution in [0.3, 0.4) is 0 Å². The number of carbonyl (C=O) groups is 1. The Morgan fingerprint density at radius 3 is 2.74 bits per heavy atom. The number of carbonyl (C=O) groups excluding carboxylic acids is 1. The first kappa shape index (κ1) is 13.7. The van der Waals surface area contributed by atoms with E-state index in [1.807, 2.05) is 31.4 Å². The fraction of sp³-hybridized carbons (Fsp3) is 0.357. The van der Waals surface area contributed by atoms with Gasteiger partial charge in [0.2, 0.25) is 0 Å². The predicted molar refractivity (Wildman–Crippen MR) is 76.2 cm³/mol. The van der Waals surface area contributed by atoms with Gasteiger partial charge in [0, 0.05) is 17.1 Å². The second-order valence-corrected chi connectivity index (χ2v) is 5.37. The molecule has 0 aromatic carbocycles. The van der Waals surface area contributed by atoms with Gasteiger partial charge in [-0.2, -0.15) is 0 Å². The number of hydrogen-bond donors (Lipinski definition) is 0. The zero-order valence-corrected chi connectivity index (χ0v) is 12.2. The quantitative estimate of drug-likeness (QED) is 0.862. The van der Waals surface area contributed by atoms with Crippen molar-refractivity contribution in [3.63, 3.8) is 0 Å². The van der Waals surface area contributed by atoms with E-state index in [9.17, 15) is 4.79 Å². The molecule has 0 radical (unpaired) electrons. The number of aromatic nitrogens is 2. The second kappa shape index (κ2) is 5.93. The first-order valence-electron chi connectivity index (χ1n) is 6.24. The van der Waals surface area contributed by atoms with Crippen LogP contribution in [0.5, 0.6) is 0 Å². The molecular formula is C14H17N3OS. The van der Waals surface area contributed by atoms with Crippen LogP contribution in [-0.2, 0) is 6.54 Å². The van der Waals surface area contributed by atoms with E-state index in [0.717, 1.165) is 5.69 Å². The average molecular weight is 275 g/mol. The summed E-state index contributed by atoms with van der Waals surface area (Å²) in [5.41, 5.74) is 1.30. The SMILES string of the molecule is CCN(Cc1cccs1)C(=O)c1cc(C)nc(C)n1. The summed E-state index contributed by atoms with van der Waals surface area (Å²) >= 11 is 1.66. The van der Waals surface area contributed by atoms with E-state index in [1.54, 1.807) is 29.2 Å². The van der Waals surface area contributed by atoms with Gasteiger partial charge in [0.25, 0.3) is 5.91 Å². The second-order valence-electron chi connectivity index (χ2n) is 4.34. The Kier molecular flexibility index (Phi) is 4.27. The summed E-state index contributed by atoms with van der Waals surface area (Å²) in [6, 6.07) is 5.78. The van der Waals surface area contributed by atoms with E-state index in [0.29, 0.717) is 24.6 Å². The van der Waals surface area contributed by atoms with Crippen molar-refractivity contribution in [2.45, 2.75) is 27.3 Å². The standard InChI is InChI=1S/C14H17N3OS/c1-4-17(9-12-6-5-7-19-12)14(18)13-8-10(2)15-11(3)16-13/h5-8H,4,9H2,1-3H3. The van der Waals surface area contributed by atoms with E-state index in [4.69, 9.17) is 0 Å². The van der Waals surface area contributed by atoms with Crippen LogP contribution < -0.4 is 0 Å². The summed E-state index contributed by atoms with van der Waals surface area (Å²) in [4.78, 5) is 23.9. The van der Waals surface area contributed by atoms with Crippen molar-refractivity contribution in [1.29, 1.82) is 0 Å². The van der Waals surface area contributed by atoms with Gasteiger partial charge < -0.3 is 4.90 Å². The Labute approximate surface area is 117 Å². The minimum absolute atomic E-state index is 0.0375. The van der Waals surface area contributed by atoms with Crippen molar-refractivity contribution >= 4 is 17.2 Å². The lowest BCUT2D eigenvalue weighted by Crippen LogP contribution is -2.31. The van der Waals surface area contributed by atoms with Crippen molar-refractivity contribution in [1.82, 2.24) is 14.9 Å². The Morgan fingerprint density at radius 2 is 2.16 bits per heavy atom. The molecule has 4 nitrogen and oxygen atoms in total. The molecule has 0 atom stereocenters. The zero-order valence-electron chi connectivity index (χ0n) is 11.4. The lowest BCUT2D eigenvalue weighted by molar-refractivity contribution is 0.0747. The molecule has 1 amide bonds. The highest BCUT2D eigenvalue weighted by Gasteiger charge is 2.17. The highest BCUT2D eigenvalue weighted by molar-refractivity contribution is 7.09. The van der Waals surface area contributed by atoms with Gasteiger partial charge in [-0.3, -0.25) is 4.79 Å². The minimum atomic E-state index is -0.0375. The van der Waals surface area contributed by atoms with Crippen LogP contribution in [0.1, 0.15) is 33.8 Å².